The lowest BCUT2D eigenvalue weighted by Gasteiger charge is -2.08. The number of phenolic OH excluding ortho intramolecular Hbond substituents is 1. The second kappa shape index (κ2) is 6.95. The fraction of sp³-hybridized carbons (Fsp3) is 0.167. The van der Waals surface area contributed by atoms with Crippen molar-refractivity contribution in [1.29, 1.82) is 0 Å². The van der Waals surface area contributed by atoms with Crippen LogP contribution in [0.25, 0.3) is 0 Å². The van der Waals surface area contributed by atoms with Crippen molar-refractivity contribution < 1.29 is 19.4 Å². The Bertz CT molecular complexity index is 445. The fourth-order valence-electron chi connectivity index (χ4n) is 1.12. The number of phenols is 1. The Kier molecular flexibility index (Phi) is 5.24. The van der Waals surface area contributed by atoms with Gasteiger partial charge in [-0.25, -0.2) is 9.59 Å². The van der Waals surface area contributed by atoms with E-state index >= 15 is 0 Å². The smallest absolute Gasteiger partial charge is 0.330 e. The number of hydrogen-bond donors (Lipinski definition) is 3. The highest BCUT2D eigenvalue weighted by Gasteiger charge is 2.04. The molecule has 0 unspecified atom stereocenters. The van der Waals surface area contributed by atoms with Crippen molar-refractivity contribution in [3.8, 4) is 5.75 Å². The number of amides is 2. The van der Waals surface area contributed by atoms with Crippen LogP contribution in [0.2, 0.25) is 0 Å². The Balaban J connectivity index is 2.28. The van der Waals surface area contributed by atoms with Gasteiger partial charge in [-0.2, -0.15) is 0 Å². The molecule has 0 saturated carbocycles. The summed E-state index contributed by atoms with van der Waals surface area (Å²) >= 11 is 0. The van der Waals surface area contributed by atoms with Gasteiger partial charge in [0, 0.05) is 6.08 Å². The number of benzene rings is 1. The van der Waals surface area contributed by atoms with E-state index in [-0.39, 0.29) is 18.9 Å². The van der Waals surface area contributed by atoms with Crippen LogP contribution in [0.15, 0.2) is 36.9 Å². The number of carbonyl (C=O) groups is 2. The molecule has 6 nitrogen and oxygen atoms in total. The second-order valence-electron chi connectivity index (χ2n) is 3.27. The quantitative estimate of drug-likeness (QED) is 0.317. The van der Waals surface area contributed by atoms with Gasteiger partial charge in [0.25, 0.3) is 0 Å². The molecule has 18 heavy (non-hydrogen) atoms. The van der Waals surface area contributed by atoms with Crippen molar-refractivity contribution in [2.45, 2.75) is 0 Å². The largest absolute Gasteiger partial charge is 0.506 e. The van der Waals surface area contributed by atoms with Crippen LogP contribution in [0.1, 0.15) is 0 Å². The molecule has 0 fully saturated rings. The minimum atomic E-state index is -0.544. The van der Waals surface area contributed by atoms with E-state index in [0.717, 1.165) is 6.08 Å². The Morgan fingerprint density at radius 1 is 1.39 bits per heavy atom. The molecular formula is C12H14N2O4. The molecule has 0 atom stereocenters. The molecule has 1 rings (SSSR count). The second-order valence-corrected chi connectivity index (χ2v) is 3.27. The summed E-state index contributed by atoms with van der Waals surface area (Å²) in [4.78, 5) is 22.1. The summed E-state index contributed by atoms with van der Waals surface area (Å²) in [5, 5.41) is 14.3. The summed E-state index contributed by atoms with van der Waals surface area (Å²) in [6.45, 7) is 3.46. The monoisotopic (exact) mass is 250 g/mol. The van der Waals surface area contributed by atoms with Gasteiger partial charge < -0.3 is 20.5 Å². The molecule has 0 aromatic heterocycles. The summed E-state index contributed by atoms with van der Waals surface area (Å²) in [5.41, 5.74) is 0.304. The minimum Gasteiger partial charge on any atom is -0.506 e. The first-order valence-electron chi connectivity index (χ1n) is 5.25. The topological polar surface area (TPSA) is 87.7 Å². The summed E-state index contributed by atoms with van der Waals surface area (Å²) in [6, 6.07) is 5.86. The highest BCUT2D eigenvalue weighted by Crippen LogP contribution is 2.20. The van der Waals surface area contributed by atoms with Crippen molar-refractivity contribution in [2.24, 2.45) is 0 Å². The van der Waals surface area contributed by atoms with Crippen molar-refractivity contribution in [1.82, 2.24) is 5.32 Å². The van der Waals surface area contributed by atoms with Crippen LogP contribution in [0, 0.1) is 0 Å². The first kappa shape index (κ1) is 13.6. The molecule has 0 aliphatic carbocycles. The number of carbonyl (C=O) groups excluding carboxylic acids is 2. The molecule has 0 spiro atoms. The summed E-state index contributed by atoms with van der Waals surface area (Å²) in [7, 11) is 0. The predicted octanol–water partition coefficient (Wildman–Crippen LogP) is 1.24. The number of hydrogen-bond acceptors (Lipinski definition) is 4. The lowest BCUT2D eigenvalue weighted by Crippen LogP contribution is -2.31. The molecule has 6 heteroatoms. The van der Waals surface area contributed by atoms with E-state index in [0.29, 0.717) is 5.69 Å². The Hall–Kier alpha value is -2.50. The van der Waals surface area contributed by atoms with Crippen LogP contribution >= 0.6 is 0 Å². The number of aromatic hydroxyl groups is 1. The maximum absolute atomic E-state index is 11.4. The van der Waals surface area contributed by atoms with E-state index in [2.05, 4.69) is 21.9 Å². The van der Waals surface area contributed by atoms with Crippen LogP contribution in [-0.2, 0) is 9.53 Å². The number of anilines is 1. The van der Waals surface area contributed by atoms with Gasteiger partial charge in [-0.1, -0.05) is 18.7 Å². The van der Waals surface area contributed by atoms with E-state index in [9.17, 15) is 14.7 Å². The van der Waals surface area contributed by atoms with Gasteiger partial charge >= 0.3 is 12.0 Å². The van der Waals surface area contributed by atoms with Crippen molar-refractivity contribution in [2.75, 3.05) is 18.5 Å². The van der Waals surface area contributed by atoms with Crippen molar-refractivity contribution in [3.05, 3.63) is 36.9 Å². The van der Waals surface area contributed by atoms with E-state index < -0.39 is 12.0 Å². The summed E-state index contributed by atoms with van der Waals surface area (Å²) < 4.78 is 4.67. The van der Waals surface area contributed by atoms with E-state index in [1.807, 2.05) is 0 Å². The zero-order valence-electron chi connectivity index (χ0n) is 9.68. The molecule has 0 aliphatic heterocycles. The maximum atomic E-state index is 11.4. The standard InChI is InChI=1S/C12H14N2O4/c1-2-11(16)18-8-7-13-12(17)14-9-5-3-4-6-10(9)15/h2-6,15H,1,7-8H2,(H2,13,14,17). The molecule has 0 aliphatic rings. The number of esters is 1. The molecule has 96 valence electrons. The fourth-order valence-corrected chi connectivity index (χ4v) is 1.12. The van der Waals surface area contributed by atoms with Gasteiger partial charge in [-0.05, 0) is 12.1 Å². The van der Waals surface area contributed by atoms with Gasteiger partial charge in [0.2, 0.25) is 0 Å². The van der Waals surface area contributed by atoms with Gasteiger partial charge in [-0.15, -0.1) is 0 Å². The molecule has 3 N–H and O–H groups in total. The first-order valence-corrected chi connectivity index (χ1v) is 5.25. The average molecular weight is 250 g/mol. The zero-order valence-corrected chi connectivity index (χ0v) is 9.68. The SMILES string of the molecule is C=CC(=O)OCCNC(=O)Nc1ccccc1O. The first-order chi connectivity index (χ1) is 8.63. The average Bonchev–Trinajstić information content (AvgIpc) is 2.37. The molecule has 0 bridgehead atoms. The highest BCUT2D eigenvalue weighted by atomic mass is 16.5. The maximum Gasteiger partial charge on any atom is 0.330 e. The van der Waals surface area contributed by atoms with Gasteiger partial charge in [0.05, 0.1) is 12.2 Å². The predicted molar refractivity (Wildman–Crippen MR) is 66.3 cm³/mol. The number of rotatable bonds is 5. The normalized spacial score (nSPS) is 9.33. The molecule has 0 saturated heterocycles. The van der Waals surface area contributed by atoms with Crippen LogP contribution in [0.3, 0.4) is 0 Å². The molecule has 1 aromatic rings. The van der Waals surface area contributed by atoms with E-state index in [1.54, 1.807) is 18.2 Å². The number of urea groups is 1. The number of ether oxygens (including phenoxy) is 1. The zero-order chi connectivity index (χ0) is 13.4. The van der Waals surface area contributed by atoms with Gasteiger partial charge in [0.1, 0.15) is 12.4 Å². The third-order valence-corrected chi connectivity index (χ3v) is 1.95. The molecular weight excluding hydrogens is 236 g/mol. The number of para-hydroxylation sites is 2. The third-order valence-electron chi connectivity index (χ3n) is 1.95. The van der Waals surface area contributed by atoms with E-state index in [4.69, 9.17) is 0 Å². The lowest BCUT2D eigenvalue weighted by atomic mass is 10.3. The van der Waals surface area contributed by atoms with Crippen molar-refractivity contribution in [3.63, 3.8) is 0 Å². The van der Waals surface area contributed by atoms with E-state index in [1.165, 1.54) is 6.07 Å². The van der Waals surface area contributed by atoms with Crippen LogP contribution in [0.4, 0.5) is 10.5 Å². The van der Waals surface area contributed by atoms with Crippen molar-refractivity contribution >= 4 is 17.7 Å². The minimum absolute atomic E-state index is 0.0225. The number of nitrogens with one attached hydrogen (secondary N) is 2. The van der Waals surface area contributed by atoms with Crippen LogP contribution in [-0.4, -0.2) is 30.3 Å². The summed E-state index contributed by atoms with van der Waals surface area (Å²) in [5.74, 6) is -0.566. The van der Waals surface area contributed by atoms with Crippen LogP contribution in [0.5, 0.6) is 5.75 Å². The summed E-state index contributed by atoms with van der Waals surface area (Å²) in [6.07, 6.45) is 1.04. The van der Waals surface area contributed by atoms with Gasteiger partial charge in [0.15, 0.2) is 0 Å². The molecule has 2 amide bonds. The van der Waals surface area contributed by atoms with Crippen LogP contribution < -0.4 is 10.6 Å². The Morgan fingerprint density at radius 2 is 2.11 bits per heavy atom. The third kappa shape index (κ3) is 4.56. The highest BCUT2D eigenvalue weighted by molar-refractivity contribution is 5.90. The lowest BCUT2D eigenvalue weighted by molar-refractivity contribution is -0.137. The molecule has 1 aromatic carbocycles. The van der Waals surface area contributed by atoms with Gasteiger partial charge in [-0.3, -0.25) is 0 Å². The molecule has 0 heterocycles. The Morgan fingerprint density at radius 3 is 2.78 bits per heavy atom. The Labute approximate surface area is 104 Å². The molecule has 0 radical (unpaired) electrons.